The number of ether oxygens (including phenoxy) is 1. The molecule has 0 radical (unpaired) electrons. The van der Waals surface area contributed by atoms with Gasteiger partial charge >= 0.3 is 0 Å². The lowest BCUT2D eigenvalue weighted by atomic mass is 10.1. The van der Waals surface area contributed by atoms with E-state index >= 15 is 0 Å². The first-order valence-corrected chi connectivity index (χ1v) is 10.6. The summed E-state index contributed by atoms with van der Waals surface area (Å²) in [6.45, 7) is 3.43. The smallest absolute Gasteiger partial charge is 0.254 e. The Morgan fingerprint density at radius 3 is 2.72 bits per heavy atom. The zero-order chi connectivity index (χ0) is 20.4. The predicted molar refractivity (Wildman–Crippen MR) is 117 cm³/mol. The maximum atomic E-state index is 13.2. The van der Waals surface area contributed by atoms with Gasteiger partial charge in [0, 0.05) is 34.3 Å². The molecule has 0 saturated carbocycles. The van der Waals surface area contributed by atoms with Gasteiger partial charge in [0.2, 0.25) is 0 Å². The number of hydrogen-bond acceptors (Lipinski definition) is 3. The number of carbonyl (C=O) groups is 1. The Kier molecular flexibility index (Phi) is 5.83. The van der Waals surface area contributed by atoms with Crippen LogP contribution in [-0.4, -0.2) is 35.0 Å². The van der Waals surface area contributed by atoms with Gasteiger partial charge in [-0.25, -0.2) is 0 Å². The number of fused-ring (bicyclic) bond motifs is 1. The van der Waals surface area contributed by atoms with Crippen LogP contribution in [-0.2, 0) is 11.3 Å². The quantitative estimate of drug-likeness (QED) is 0.620. The molecule has 0 aliphatic carbocycles. The van der Waals surface area contributed by atoms with Crippen LogP contribution >= 0.6 is 15.9 Å². The number of aromatic amines is 1. The third kappa shape index (κ3) is 4.60. The van der Waals surface area contributed by atoms with Crippen LogP contribution in [0.25, 0.3) is 10.9 Å². The van der Waals surface area contributed by atoms with Gasteiger partial charge in [-0.05, 0) is 67.1 Å². The molecule has 1 fully saturated rings. The fourth-order valence-electron chi connectivity index (χ4n) is 3.71. The zero-order valence-corrected chi connectivity index (χ0v) is 17.9. The molecule has 4 rings (SSSR count). The monoisotopic (exact) mass is 454 g/mol. The molecule has 1 N–H and O–H groups in total. The molecule has 5 nitrogen and oxygen atoms in total. The van der Waals surface area contributed by atoms with Crippen molar-refractivity contribution in [3.8, 4) is 0 Å². The summed E-state index contributed by atoms with van der Waals surface area (Å²) in [5, 5.41) is 0.957. The molecule has 0 spiro atoms. The maximum absolute atomic E-state index is 13.2. The Balaban J connectivity index is 1.65. The average molecular weight is 455 g/mol. The van der Waals surface area contributed by atoms with Crippen molar-refractivity contribution < 1.29 is 9.53 Å². The van der Waals surface area contributed by atoms with E-state index in [9.17, 15) is 9.59 Å². The van der Waals surface area contributed by atoms with Crippen molar-refractivity contribution >= 4 is 32.7 Å². The number of aryl methyl sites for hydroxylation is 1. The molecule has 2 aromatic carbocycles. The summed E-state index contributed by atoms with van der Waals surface area (Å²) < 4.78 is 6.67. The molecule has 1 aliphatic heterocycles. The van der Waals surface area contributed by atoms with E-state index in [1.165, 1.54) is 0 Å². The molecule has 1 saturated heterocycles. The van der Waals surface area contributed by atoms with Crippen LogP contribution in [0, 0.1) is 6.92 Å². The second-order valence-corrected chi connectivity index (χ2v) is 8.46. The lowest BCUT2D eigenvalue weighted by Gasteiger charge is -2.25. The lowest BCUT2D eigenvalue weighted by molar-refractivity contribution is 0.0506. The average Bonchev–Trinajstić information content (AvgIpc) is 3.21. The van der Waals surface area contributed by atoms with Crippen LogP contribution in [0.1, 0.15) is 34.3 Å². The number of halogens is 1. The van der Waals surface area contributed by atoms with Gasteiger partial charge in [0.25, 0.3) is 11.5 Å². The van der Waals surface area contributed by atoms with E-state index in [1.54, 1.807) is 17.0 Å². The Morgan fingerprint density at radius 2 is 2.00 bits per heavy atom. The van der Waals surface area contributed by atoms with Gasteiger partial charge in [-0.2, -0.15) is 0 Å². The fourth-order valence-corrected chi connectivity index (χ4v) is 3.98. The molecule has 2 heterocycles. The van der Waals surface area contributed by atoms with Gasteiger partial charge in [0.05, 0.1) is 12.6 Å². The van der Waals surface area contributed by atoms with Crippen LogP contribution < -0.4 is 5.56 Å². The topological polar surface area (TPSA) is 62.4 Å². The minimum atomic E-state index is -0.163. The summed E-state index contributed by atoms with van der Waals surface area (Å²) in [4.78, 5) is 30.6. The molecule has 1 atom stereocenters. The van der Waals surface area contributed by atoms with Crippen LogP contribution in [0.4, 0.5) is 0 Å². The second kappa shape index (κ2) is 8.51. The Bertz CT molecular complexity index is 1090. The third-order valence-electron chi connectivity index (χ3n) is 5.27. The number of nitrogens with one attached hydrogen (secondary N) is 1. The van der Waals surface area contributed by atoms with Crippen molar-refractivity contribution in [3.05, 3.63) is 80.0 Å². The first-order chi connectivity index (χ1) is 14.0. The van der Waals surface area contributed by atoms with Crippen molar-refractivity contribution in [3.63, 3.8) is 0 Å². The van der Waals surface area contributed by atoms with Gasteiger partial charge in [-0.1, -0.05) is 28.1 Å². The Morgan fingerprint density at radius 1 is 1.21 bits per heavy atom. The highest BCUT2D eigenvalue weighted by Gasteiger charge is 2.24. The summed E-state index contributed by atoms with van der Waals surface area (Å²) in [6, 6.07) is 15.1. The summed E-state index contributed by atoms with van der Waals surface area (Å²) in [6.07, 6.45) is 1.94. The summed E-state index contributed by atoms with van der Waals surface area (Å²) >= 11 is 3.40. The largest absolute Gasteiger partial charge is 0.376 e. The van der Waals surface area contributed by atoms with Gasteiger partial charge in [0.15, 0.2) is 0 Å². The molecule has 3 aromatic rings. The van der Waals surface area contributed by atoms with Gasteiger partial charge in [0.1, 0.15) is 0 Å². The maximum Gasteiger partial charge on any atom is 0.254 e. The SMILES string of the molecule is Cc1ccc2cc(CN(C[C@@H]3CCCO3)C(=O)c3ccc(Br)cc3)c(=O)[nH]c2c1. The van der Waals surface area contributed by atoms with E-state index in [0.717, 1.165) is 40.4 Å². The van der Waals surface area contributed by atoms with E-state index in [0.29, 0.717) is 17.7 Å². The summed E-state index contributed by atoms with van der Waals surface area (Å²) in [7, 11) is 0. The molecule has 0 unspecified atom stereocenters. The molecule has 1 amide bonds. The van der Waals surface area contributed by atoms with Crippen LogP contribution in [0.2, 0.25) is 0 Å². The summed E-state index contributed by atoms with van der Waals surface area (Å²) in [5.41, 5.74) is 2.91. The fraction of sp³-hybridized carbons (Fsp3) is 0.304. The van der Waals surface area contributed by atoms with Gasteiger partial charge in [-0.15, -0.1) is 0 Å². The molecule has 29 heavy (non-hydrogen) atoms. The van der Waals surface area contributed by atoms with Gasteiger partial charge < -0.3 is 14.6 Å². The first kappa shape index (κ1) is 19.9. The molecule has 6 heteroatoms. The molecule has 1 aromatic heterocycles. The minimum absolute atomic E-state index is 0.0107. The molecular formula is C23H23BrN2O3. The summed E-state index contributed by atoms with van der Waals surface area (Å²) in [5.74, 6) is -0.101. The zero-order valence-electron chi connectivity index (χ0n) is 16.3. The van der Waals surface area contributed by atoms with Crippen molar-refractivity contribution in [2.24, 2.45) is 0 Å². The highest BCUT2D eigenvalue weighted by Crippen LogP contribution is 2.19. The van der Waals surface area contributed by atoms with E-state index in [-0.39, 0.29) is 24.1 Å². The lowest BCUT2D eigenvalue weighted by Crippen LogP contribution is -2.38. The van der Waals surface area contributed by atoms with E-state index in [2.05, 4.69) is 20.9 Å². The van der Waals surface area contributed by atoms with Crippen molar-refractivity contribution in [2.45, 2.75) is 32.4 Å². The number of rotatable bonds is 5. The highest BCUT2D eigenvalue weighted by molar-refractivity contribution is 9.10. The number of H-pyrrole nitrogens is 1. The van der Waals surface area contributed by atoms with Crippen LogP contribution in [0.5, 0.6) is 0 Å². The number of carbonyl (C=O) groups excluding carboxylic acids is 1. The Labute approximate surface area is 177 Å². The van der Waals surface area contributed by atoms with E-state index in [1.807, 2.05) is 43.3 Å². The third-order valence-corrected chi connectivity index (χ3v) is 5.79. The first-order valence-electron chi connectivity index (χ1n) is 9.78. The minimum Gasteiger partial charge on any atom is -0.376 e. The number of amides is 1. The van der Waals surface area contributed by atoms with E-state index < -0.39 is 0 Å². The second-order valence-electron chi connectivity index (χ2n) is 7.54. The molecular weight excluding hydrogens is 432 g/mol. The highest BCUT2D eigenvalue weighted by atomic mass is 79.9. The van der Waals surface area contributed by atoms with Crippen molar-refractivity contribution in [1.82, 2.24) is 9.88 Å². The van der Waals surface area contributed by atoms with Crippen LogP contribution in [0.3, 0.4) is 0 Å². The number of hydrogen-bond donors (Lipinski definition) is 1. The molecule has 0 bridgehead atoms. The molecule has 1 aliphatic rings. The predicted octanol–water partition coefficient (Wildman–Crippen LogP) is 4.42. The number of nitrogens with zero attached hydrogens (tertiary/aromatic N) is 1. The van der Waals surface area contributed by atoms with E-state index in [4.69, 9.17) is 4.74 Å². The molecule has 150 valence electrons. The van der Waals surface area contributed by atoms with Crippen molar-refractivity contribution in [1.29, 1.82) is 0 Å². The number of aromatic nitrogens is 1. The number of pyridine rings is 1. The standard InChI is InChI=1S/C23H23BrN2O3/c1-15-4-5-17-12-18(22(27)25-21(17)11-15)13-26(14-20-3-2-10-29-20)23(28)16-6-8-19(24)9-7-16/h4-9,11-12,20H,2-3,10,13-14H2,1H3,(H,25,27)/t20-/m0/s1. The van der Waals surface area contributed by atoms with Gasteiger partial charge in [-0.3, -0.25) is 9.59 Å². The Hall–Kier alpha value is -2.44. The normalized spacial score (nSPS) is 16.3. The number of benzene rings is 2. The van der Waals surface area contributed by atoms with Crippen molar-refractivity contribution in [2.75, 3.05) is 13.2 Å². The van der Waals surface area contributed by atoms with Crippen LogP contribution in [0.15, 0.2) is 57.8 Å².